The fourth-order valence-corrected chi connectivity index (χ4v) is 2.69. The van der Waals surface area contributed by atoms with E-state index in [2.05, 4.69) is 0 Å². The van der Waals surface area contributed by atoms with E-state index in [1.54, 1.807) is 11.8 Å². The van der Waals surface area contributed by atoms with Crippen LogP contribution < -0.4 is 0 Å². The summed E-state index contributed by atoms with van der Waals surface area (Å²) in [6.07, 6.45) is -4.80. The quantitative estimate of drug-likeness (QED) is 0.802. The molecule has 2 aliphatic rings. The summed E-state index contributed by atoms with van der Waals surface area (Å²) in [5.74, 6) is -0.515. The number of aliphatic hydroxyl groups excluding tert-OH is 1. The topological polar surface area (TPSA) is 53.0 Å². The summed E-state index contributed by atoms with van der Waals surface area (Å²) in [7, 11) is 0. The molecule has 2 unspecified atom stereocenters. The molecule has 2 saturated heterocycles. The molecule has 1 N–H and O–H groups in total. The van der Waals surface area contributed by atoms with E-state index < -0.39 is 18.8 Å². The number of alkyl halides is 3. The van der Waals surface area contributed by atoms with Gasteiger partial charge in [0.15, 0.2) is 0 Å². The lowest BCUT2D eigenvalue weighted by Crippen LogP contribution is -2.59. The van der Waals surface area contributed by atoms with Gasteiger partial charge in [0.1, 0.15) is 0 Å². The second kappa shape index (κ2) is 5.87. The average Bonchev–Trinajstić information content (AvgIpc) is 2.30. The van der Waals surface area contributed by atoms with E-state index in [9.17, 15) is 18.0 Å². The number of carbonyl (C=O) groups excluding carboxylic acids is 1. The van der Waals surface area contributed by atoms with Crippen molar-refractivity contribution < 1.29 is 27.8 Å². The Kier molecular flexibility index (Phi) is 4.55. The molecule has 0 aromatic rings. The Morgan fingerprint density at radius 1 is 1.30 bits per heavy atom. The molecule has 2 heterocycles. The van der Waals surface area contributed by atoms with Gasteiger partial charge in [0.25, 0.3) is 0 Å². The Bertz CT molecular complexity index is 358. The van der Waals surface area contributed by atoms with Crippen molar-refractivity contribution >= 4 is 5.91 Å². The lowest BCUT2D eigenvalue weighted by molar-refractivity contribution is -0.172. The molecule has 0 spiro atoms. The molecule has 5 nitrogen and oxygen atoms in total. The normalized spacial score (nSPS) is 29.4. The average molecular weight is 296 g/mol. The van der Waals surface area contributed by atoms with Gasteiger partial charge in [-0.1, -0.05) is 0 Å². The molecule has 0 saturated carbocycles. The first kappa shape index (κ1) is 15.5. The number of aliphatic hydroxyl groups is 1. The molecule has 0 aromatic carbocycles. The maximum Gasteiger partial charge on any atom is 0.401 e. The fourth-order valence-electron chi connectivity index (χ4n) is 2.69. The van der Waals surface area contributed by atoms with Crippen LogP contribution in [0.5, 0.6) is 0 Å². The van der Waals surface area contributed by atoms with Gasteiger partial charge in [-0.25, -0.2) is 0 Å². The fraction of sp³-hybridized carbons (Fsp3) is 0.917. The number of carbonyl (C=O) groups is 1. The number of rotatable bonds is 3. The van der Waals surface area contributed by atoms with Gasteiger partial charge in [0.05, 0.1) is 31.3 Å². The maximum absolute atomic E-state index is 12.2. The number of nitrogens with zero attached hydrogens (tertiary/aromatic N) is 2. The minimum Gasteiger partial charge on any atom is -0.394 e. The number of halogens is 3. The third-order valence-corrected chi connectivity index (χ3v) is 3.55. The molecule has 0 aromatic heterocycles. The molecule has 2 aliphatic heterocycles. The van der Waals surface area contributed by atoms with Crippen molar-refractivity contribution in [3.05, 3.63) is 0 Å². The Balaban J connectivity index is 1.81. The van der Waals surface area contributed by atoms with Crippen LogP contribution in [0.1, 0.15) is 6.92 Å². The molecule has 116 valence electrons. The zero-order valence-electron chi connectivity index (χ0n) is 11.3. The molecule has 0 bridgehead atoms. The summed E-state index contributed by atoms with van der Waals surface area (Å²) in [4.78, 5) is 15.0. The summed E-state index contributed by atoms with van der Waals surface area (Å²) in [5.41, 5.74) is 0. The molecule has 2 rings (SSSR count). The lowest BCUT2D eigenvalue weighted by atomic mass is 9.97. The van der Waals surface area contributed by atoms with Gasteiger partial charge in [-0.15, -0.1) is 0 Å². The van der Waals surface area contributed by atoms with Crippen LogP contribution in [-0.2, 0) is 9.53 Å². The number of hydrogen-bond donors (Lipinski definition) is 1. The molecule has 8 heteroatoms. The number of amides is 1. The van der Waals surface area contributed by atoms with Crippen LogP contribution in [0, 0.1) is 5.92 Å². The van der Waals surface area contributed by atoms with Gasteiger partial charge in [0, 0.05) is 26.2 Å². The number of hydrogen-bond acceptors (Lipinski definition) is 4. The van der Waals surface area contributed by atoms with E-state index in [1.165, 1.54) is 4.90 Å². The van der Waals surface area contributed by atoms with Gasteiger partial charge in [-0.3, -0.25) is 9.69 Å². The first-order chi connectivity index (χ1) is 9.28. The largest absolute Gasteiger partial charge is 0.401 e. The zero-order valence-corrected chi connectivity index (χ0v) is 11.3. The summed E-state index contributed by atoms with van der Waals surface area (Å²) < 4.78 is 42.0. The van der Waals surface area contributed by atoms with Gasteiger partial charge >= 0.3 is 6.18 Å². The van der Waals surface area contributed by atoms with E-state index in [4.69, 9.17) is 9.84 Å². The second-order valence-electron chi connectivity index (χ2n) is 5.50. The van der Waals surface area contributed by atoms with Crippen molar-refractivity contribution in [3.8, 4) is 0 Å². The van der Waals surface area contributed by atoms with Crippen LogP contribution in [0.2, 0.25) is 0 Å². The Morgan fingerprint density at radius 2 is 1.95 bits per heavy atom. The lowest BCUT2D eigenvalue weighted by Gasteiger charge is -2.43. The SMILES string of the molecule is CC1CN(C(=O)C2CN(CC(F)(F)F)C2)CC(CO)O1. The van der Waals surface area contributed by atoms with Gasteiger partial charge in [0.2, 0.25) is 5.91 Å². The minimum atomic E-state index is -4.22. The first-order valence-electron chi connectivity index (χ1n) is 6.62. The predicted molar refractivity (Wildman–Crippen MR) is 64.0 cm³/mol. The van der Waals surface area contributed by atoms with Crippen LogP contribution >= 0.6 is 0 Å². The van der Waals surface area contributed by atoms with E-state index in [0.29, 0.717) is 13.1 Å². The maximum atomic E-state index is 12.2. The first-order valence-corrected chi connectivity index (χ1v) is 6.62. The van der Waals surface area contributed by atoms with Crippen molar-refractivity contribution in [1.29, 1.82) is 0 Å². The summed E-state index contributed by atoms with van der Waals surface area (Å²) >= 11 is 0. The Labute approximate surface area is 115 Å². The zero-order chi connectivity index (χ0) is 14.9. The van der Waals surface area contributed by atoms with Crippen LogP contribution in [0.4, 0.5) is 13.2 Å². The smallest absolute Gasteiger partial charge is 0.394 e. The standard InChI is InChI=1S/C12H19F3N2O3/c1-8-2-17(5-10(6-18)20-8)11(19)9-3-16(4-9)7-12(13,14)15/h8-10,18H,2-7H2,1H3. The van der Waals surface area contributed by atoms with Crippen LogP contribution in [0.3, 0.4) is 0 Å². The highest BCUT2D eigenvalue weighted by Gasteiger charge is 2.42. The second-order valence-corrected chi connectivity index (χ2v) is 5.50. The number of ether oxygens (including phenoxy) is 1. The van der Waals surface area contributed by atoms with Crippen LogP contribution in [-0.4, -0.2) is 78.5 Å². The number of likely N-dealkylation sites (tertiary alicyclic amines) is 1. The highest BCUT2D eigenvalue weighted by Crippen LogP contribution is 2.25. The molecule has 0 aliphatic carbocycles. The molecular formula is C12H19F3N2O3. The monoisotopic (exact) mass is 296 g/mol. The molecule has 2 fully saturated rings. The van der Waals surface area contributed by atoms with Crippen molar-refractivity contribution in [3.63, 3.8) is 0 Å². The van der Waals surface area contributed by atoms with Gasteiger partial charge in [-0.05, 0) is 6.92 Å². The van der Waals surface area contributed by atoms with E-state index >= 15 is 0 Å². The highest BCUT2D eigenvalue weighted by atomic mass is 19.4. The Morgan fingerprint density at radius 3 is 2.50 bits per heavy atom. The van der Waals surface area contributed by atoms with Gasteiger partial charge in [-0.2, -0.15) is 13.2 Å². The van der Waals surface area contributed by atoms with Crippen molar-refractivity contribution in [1.82, 2.24) is 9.80 Å². The highest BCUT2D eigenvalue weighted by molar-refractivity contribution is 5.80. The third kappa shape index (κ3) is 3.83. The van der Waals surface area contributed by atoms with Crippen molar-refractivity contribution in [2.75, 3.05) is 39.3 Å². The minimum absolute atomic E-state index is 0.142. The van der Waals surface area contributed by atoms with Crippen LogP contribution in [0.25, 0.3) is 0 Å². The Hall–Kier alpha value is -0.860. The van der Waals surface area contributed by atoms with Crippen LogP contribution in [0.15, 0.2) is 0 Å². The van der Waals surface area contributed by atoms with Crippen molar-refractivity contribution in [2.24, 2.45) is 5.92 Å². The molecule has 1 amide bonds. The van der Waals surface area contributed by atoms with E-state index in [0.717, 1.165) is 0 Å². The van der Waals surface area contributed by atoms with Crippen molar-refractivity contribution in [2.45, 2.75) is 25.3 Å². The summed E-state index contributed by atoms with van der Waals surface area (Å²) in [6.45, 7) is 1.69. The molecular weight excluding hydrogens is 277 g/mol. The van der Waals surface area contributed by atoms with E-state index in [1.807, 2.05) is 0 Å². The molecule has 20 heavy (non-hydrogen) atoms. The predicted octanol–water partition coefficient (Wildman–Crippen LogP) is 0.0887. The molecule has 0 radical (unpaired) electrons. The number of morpholine rings is 1. The third-order valence-electron chi connectivity index (χ3n) is 3.55. The molecule has 2 atom stereocenters. The van der Waals surface area contributed by atoms with Gasteiger partial charge < -0.3 is 14.7 Å². The summed E-state index contributed by atoms with van der Waals surface area (Å²) in [6, 6.07) is 0. The summed E-state index contributed by atoms with van der Waals surface area (Å²) in [5, 5.41) is 9.09. The van der Waals surface area contributed by atoms with E-state index in [-0.39, 0.29) is 37.6 Å².